The highest BCUT2D eigenvalue weighted by molar-refractivity contribution is 7.87. The molecule has 1 fully saturated rings. The number of ether oxygens (including phenoxy) is 1. The Hall–Kier alpha value is -0.860. The number of aliphatic hydroxyl groups is 1. The highest BCUT2D eigenvalue weighted by Crippen LogP contribution is 2.21. The van der Waals surface area contributed by atoms with Gasteiger partial charge in [-0.3, -0.25) is 0 Å². The van der Waals surface area contributed by atoms with Crippen LogP contribution in [0.4, 0.5) is 4.79 Å². The van der Waals surface area contributed by atoms with Gasteiger partial charge in [0, 0.05) is 13.6 Å². The molecule has 1 amide bonds. The number of amides is 1. The quantitative estimate of drug-likeness (QED) is 0.592. The second kappa shape index (κ2) is 3.71. The summed E-state index contributed by atoms with van der Waals surface area (Å²) >= 11 is 0. The zero-order chi connectivity index (χ0) is 10.9. The molecule has 0 aromatic rings. The van der Waals surface area contributed by atoms with Crippen molar-refractivity contribution in [1.82, 2.24) is 8.61 Å². The summed E-state index contributed by atoms with van der Waals surface area (Å²) in [4.78, 5) is 11.1. The van der Waals surface area contributed by atoms with E-state index in [2.05, 4.69) is 4.74 Å². The van der Waals surface area contributed by atoms with Crippen LogP contribution in [0.25, 0.3) is 0 Å². The van der Waals surface area contributed by atoms with Crippen LogP contribution in [-0.4, -0.2) is 61.6 Å². The van der Waals surface area contributed by atoms with E-state index in [0.29, 0.717) is 4.31 Å². The molecule has 0 spiro atoms. The summed E-state index contributed by atoms with van der Waals surface area (Å²) in [5.41, 5.74) is 0. The third kappa shape index (κ3) is 1.56. The summed E-state index contributed by atoms with van der Waals surface area (Å²) in [6.07, 6.45) is -0.978. The fourth-order valence-corrected chi connectivity index (χ4v) is 2.70. The first kappa shape index (κ1) is 11.2. The van der Waals surface area contributed by atoms with E-state index in [1.165, 1.54) is 7.05 Å². The highest BCUT2D eigenvalue weighted by Gasteiger charge is 2.45. The summed E-state index contributed by atoms with van der Waals surface area (Å²) in [6, 6.07) is -0.766. The maximum atomic E-state index is 11.5. The van der Waals surface area contributed by atoms with Gasteiger partial charge in [0.15, 0.2) is 0 Å². The van der Waals surface area contributed by atoms with Crippen LogP contribution in [-0.2, 0) is 14.9 Å². The minimum absolute atomic E-state index is 0.0773. The number of aliphatic hydroxyl groups excluding tert-OH is 1. The lowest BCUT2D eigenvalue weighted by atomic mass is 10.3. The van der Waals surface area contributed by atoms with Gasteiger partial charge >= 0.3 is 16.3 Å². The van der Waals surface area contributed by atoms with E-state index in [-0.39, 0.29) is 6.54 Å². The molecule has 1 aliphatic rings. The van der Waals surface area contributed by atoms with Crippen LogP contribution in [0.1, 0.15) is 0 Å². The van der Waals surface area contributed by atoms with Crippen molar-refractivity contribution in [1.29, 1.82) is 0 Å². The predicted octanol–water partition coefficient (Wildman–Crippen LogP) is -1.39. The molecule has 0 saturated carbocycles. The van der Waals surface area contributed by atoms with Crippen LogP contribution in [0.3, 0.4) is 0 Å². The van der Waals surface area contributed by atoms with Gasteiger partial charge in [-0.2, -0.15) is 17.0 Å². The Morgan fingerprint density at radius 3 is 2.64 bits per heavy atom. The molecule has 1 heterocycles. The number of carbonyl (C=O) groups is 1. The molecular weight excluding hydrogens is 212 g/mol. The second-order valence-electron chi connectivity index (χ2n) is 2.89. The van der Waals surface area contributed by atoms with Crippen molar-refractivity contribution in [3.63, 3.8) is 0 Å². The van der Waals surface area contributed by atoms with Gasteiger partial charge in [0.25, 0.3) is 0 Å². The average molecular weight is 224 g/mol. The van der Waals surface area contributed by atoms with Crippen LogP contribution < -0.4 is 0 Å². The van der Waals surface area contributed by atoms with Crippen LogP contribution >= 0.6 is 0 Å². The SMILES string of the molecule is COC(=O)N1[C@H](CO)CN(C)S1(=O)=O. The zero-order valence-electron chi connectivity index (χ0n) is 7.87. The lowest BCUT2D eigenvalue weighted by Gasteiger charge is -2.18. The monoisotopic (exact) mass is 224 g/mol. The molecule has 1 atom stereocenters. The van der Waals surface area contributed by atoms with Crippen molar-refractivity contribution in [2.45, 2.75) is 6.04 Å². The molecule has 14 heavy (non-hydrogen) atoms. The fraction of sp³-hybridized carbons (Fsp3) is 0.833. The van der Waals surface area contributed by atoms with E-state index in [4.69, 9.17) is 5.11 Å². The Morgan fingerprint density at radius 1 is 1.64 bits per heavy atom. The molecule has 0 radical (unpaired) electrons. The maximum Gasteiger partial charge on any atom is 0.424 e. The average Bonchev–Trinajstić information content (AvgIpc) is 2.37. The van der Waals surface area contributed by atoms with Crippen LogP contribution in [0.5, 0.6) is 0 Å². The molecule has 0 bridgehead atoms. The molecule has 1 rings (SSSR count). The number of methoxy groups -OCH3 is 1. The summed E-state index contributed by atoms with van der Waals surface area (Å²) in [5, 5.41) is 8.89. The van der Waals surface area contributed by atoms with Gasteiger partial charge in [0.2, 0.25) is 0 Å². The molecule has 0 unspecified atom stereocenters. The molecule has 0 aliphatic carbocycles. The molecule has 1 N–H and O–H groups in total. The smallest absolute Gasteiger partial charge is 0.424 e. The predicted molar refractivity (Wildman–Crippen MR) is 46.7 cm³/mol. The summed E-state index contributed by atoms with van der Waals surface area (Å²) in [7, 11) is -1.38. The van der Waals surface area contributed by atoms with Crippen molar-refractivity contribution < 1.29 is 23.1 Å². The van der Waals surface area contributed by atoms with Crippen LogP contribution in [0.2, 0.25) is 0 Å². The van der Waals surface area contributed by atoms with Gasteiger partial charge in [0.1, 0.15) is 0 Å². The molecule has 1 saturated heterocycles. The molecule has 0 aromatic heterocycles. The Morgan fingerprint density at radius 2 is 2.21 bits per heavy atom. The number of hydrogen-bond acceptors (Lipinski definition) is 5. The van der Waals surface area contributed by atoms with Gasteiger partial charge in [-0.05, 0) is 0 Å². The van der Waals surface area contributed by atoms with Crippen molar-refractivity contribution in [2.75, 3.05) is 27.3 Å². The Balaban J connectivity index is 3.04. The lowest BCUT2D eigenvalue weighted by molar-refractivity contribution is 0.127. The number of hydrogen-bond donors (Lipinski definition) is 1. The Kier molecular flexibility index (Phi) is 2.98. The largest absolute Gasteiger partial charge is 0.452 e. The van der Waals surface area contributed by atoms with Gasteiger partial charge < -0.3 is 9.84 Å². The maximum absolute atomic E-state index is 11.5. The standard InChI is InChI=1S/C6H12N2O5S/c1-7-3-5(4-9)8(6(10)13-2)14(7,11)12/h5,9H,3-4H2,1-2H3/t5-/m0/s1. The third-order valence-electron chi connectivity index (χ3n) is 2.01. The molecule has 8 heteroatoms. The number of nitrogens with zero attached hydrogens (tertiary/aromatic N) is 2. The van der Waals surface area contributed by atoms with Gasteiger partial charge in [-0.1, -0.05) is 0 Å². The minimum atomic E-state index is -3.81. The minimum Gasteiger partial charge on any atom is -0.452 e. The van der Waals surface area contributed by atoms with E-state index in [1.54, 1.807) is 0 Å². The van der Waals surface area contributed by atoms with Crippen molar-refractivity contribution in [3.05, 3.63) is 0 Å². The van der Waals surface area contributed by atoms with E-state index in [1.807, 2.05) is 0 Å². The first-order valence-corrected chi connectivity index (χ1v) is 5.29. The fourth-order valence-electron chi connectivity index (χ4n) is 1.27. The van der Waals surface area contributed by atoms with E-state index < -0.39 is 29.0 Å². The molecule has 0 aromatic carbocycles. The van der Waals surface area contributed by atoms with Crippen molar-refractivity contribution >= 4 is 16.3 Å². The van der Waals surface area contributed by atoms with E-state index in [9.17, 15) is 13.2 Å². The number of carbonyl (C=O) groups excluding carboxylic acids is 1. The highest BCUT2D eigenvalue weighted by atomic mass is 32.2. The summed E-state index contributed by atoms with van der Waals surface area (Å²) < 4.78 is 28.9. The number of rotatable bonds is 1. The molecule has 82 valence electrons. The molecule has 7 nitrogen and oxygen atoms in total. The van der Waals surface area contributed by atoms with Gasteiger partial charge in [-0.15, -0.1) is 0 Å². The zero-order valence-corrected chi connectivity index (χ0v) is 8.69. The first-order chi connectivity index (χ1) is 6.45. The topological polar surface area (TPSA) is 87.2 Å². The van der Waals surface area contributed by atoms with Crippen molar-refractivity contribution in [3.8, 4) is 0 Å². The summed E-state index contributed by atoms with van der Waals surface area (Å²) in [6.45, 7) is -0.341. The van der Waals surface area contributed by atoms with Crippen LogP contribution in [0, 0.1) is 0 Å². The Labute approximate surface area is 82.0 Å². The molecular formula is C6H12N2O5S. The van der Waals surface area contributed by atoms with Gasteiger partial charge in [-0.25, -0.2) is 4.79 Å². The second-order valence-corrected chi connectivity index (χ2v) is 4.80. The van der Waals surface area contributed by atoms with E-state index >= 15 is 0 Å². The van der Waals surface area contributed by atoms with Crippen LogP contribution in [0.15, 0.2) is 0 Å². The van der Waals surface area contributed by atoms with E-state index in [0.717, 1.165) is 11.4 Å². The summed E-state index contributed by atoms with van der Waals surface area (Å²) in [5.74, 6) is 0. The van der Waals surface area contributed by atoms with Crippen molar-refractivity contribution in [2.24, 2.45) is 0 Å². The Bertz CT molecular complexity index is 327. The molecule has 1 aliphatic heterocycles. The number of likely N-dealkylation sites (N-methyl/N-ethyl adjacent to an activating group) is 1. The lowest BCUT2D eigenvalue weighted by Crippen LogP contribution is -2.41. The first-order valence-electron chi connectivity index (χ1n) is 3.89. The normalized spacial score (nSPS) is 26.5. The third-order valence-corrected chi connectivity index (χ3v) is 3.89. The van der Waals surface area contributed by atoms with Gasteiger partial charge in [0.05, 0.1) is 19.8 Å².